The van der Waals surface area contributed by atoms with Crippen LogP contribution in [0.4, 0.5) is 0 Å². The summed E-state index contributed by atoms with van der Waals surface area (Å²) >= 11 is 4.79. The van der Waals surface area contributed by atoms with Gasteiger partial charge in [-0.15, -0.1) is 11.3 Å². The molecule has 0 aliphatic rings. The molecule has 13 heavy (non-hydrogen) atoms. The first-order chi connectivity index (χ1) is 6.06. The van der Waals surface area contributed by atoms with Crippen LogP contribution in [0.2, 0.25) is 0 Å². The highest BCUT2D eigenvalue weighted by atomic mass is 79.9. The van der Waals surface area contributed by atoms with E-state index in [1.165, 1.54) is 11.3 Å². The van der Waals surface area contributed by atoms with Crippen LogP contribution in [0.25, 0.3) is 0 Å². The molecule has 1 rings (SSSR count). The summed E-state index contributed by atoms with van der Waals surface area (Å²) in [6.07, 6.45) is 0. The van der Waals surface area contributed by atoms with Crippen LogP contribution in [0.1, 0.15) is 15.7 Å². The number of aliphatic carboxylic acids is 1. The number of thiophene rings is 1. The molecule has 0 amide bonds. The summed E-state index contributed by atoms with van der Waals surface area (Å²) in [5.41, 5.74) is 5.39. The van der Waals surface area contributed by atoms with Crippen molar-refractivity contribution in [3.63, 3.8) is 0 Å². The largest absolute Gasteiger partial charge is 0.481 e. The van der Waals surface area contributed by atoms with Crippen molar-refractivity contribution in [1.29, 1.82) is 0 Å². The Hall–Kier alpha value is -0.390. The van der Waals surface area contributed by atoms with E-state index >= 15 is 0 Å². The minimum absolute atomic E-state index is 0.133. The number of aryl methyl sites for hydroxylation is 1. The van der Waals surface area contributed by atoms with Crippen LogP contribution < -0.4 is 5.73 Å². The lowest BCUT2D eigenvalue weighted by Crippen LogP contribution is -2.20. The lowest BCUT2D eigenvalue weighted by atomic mass is 10.1. The van der Waals surface area contributed by atoms with Gasteiger partial charge in [-0.25, -0.2) is 0 Å². The van der Waals surface area contributed by atoms with Gasteiger partial charge >= 0.3 is 5.97 Å². The molecule has 0 saturated carbocycles. The van der Waals surface area contributed by atoms with Crippen LogP contribution in [0.5, 0.6) is 0 Å². The Bertz CT molecular complexity index is 324. The smallest absolute Gasteiger partial charge is 0.313 e. The molecule has 0 fully saturated rings. The summed E-state index contributed by atoms with van der Waals surface area (Å²) in [6.45, 7) is 2.07. The fourth-order valence-electron chi connectivity index (χ4n) is 1.06. The summed E-state index contributed by atoms with van der Waals surface area (Å²) in [5, 5.41) is 8.87. The number of carbonyl (C=O) groups is 1. The van der Waals surface area contributed by atoms with Gasteiger partial charge in [0.05, 0.1) is 0 Å². The van der Waals surface area contributed by atoms with Crippen molar-refractivity contribution in [3.8, 4) is 0 Å². The molecule has 0 spiro atoms. The molecule has 0 bridgehead atoms. The summed E-state index contributed by atoms with van der Waals surface area (Å²) in [7, 11) is 0. The summed E-state index contributed by atoms with van der Waals surface area (Å²) in [4.78, 5) is 12.7. The minimum atomic E-state index is -0.870. The standard InChI is InChI=1S/C8H10BrNO2S/c1-4-2-6(9)7(13-4)5(3-10)8(11)12/h2,5H,3,10H2,1H3,(H,11,12). The Kier molecular flexibility index (Phi) is 3.47. The molecule has 3 nitrogen and oxygen atoms in total. The van der Waals surface area contributed by atoms with Gasteiger partial charge in [-0.05, 0) is 28.9 Å². The van der Waals surface area contributed by atoms with Crippen molar-refractivity contribution >= 4 is 33.2 Å². The second-order valence-electron chi connectivity index (χ2n) is 2.70. The van der Waals surface area contributed by atoms with E-state index in [0.29, 0.717) is 0 Å². The van der Waals surface area contributed by atoms with Crippen LogP contribution in [-0.4, -0.2) is 17.6 Å². The molecule has 3 N–H and O–H groups in total. The Morgan fingerprint density at radius 3 is 2.77 bits per heavy atom. The van der Waals surface area contributed by atoms with Crippen LogP contribution in [0, 0.1) is 6.92 Å². The maximum Gasteiger partial charge on any atom is 0.313 e. The van der Waals surface area contributed by atoms with Crippen LogP contribution >= 0.6 is 27.3 Å². The maximum absolute atomic E-state index is 10.8. The maximum atomic E-state index is 10.8. The molecular formula is C8H10BrNO2S. The minimum Gasteiger partial charge on any atom is -0.481 e. The molecule has 0 aliphatic heterocycles. The first kappa shape index (κ1) is 10.7. The van der Waals surface area contributed by atoms with E-state index in [9.17, 15) is 4.79 Å². The molecule has 0 aliphatic carbocycles. The first-order valence-corrected chi connectivity index (χ1v) is 5.36. The van der Waals surface area contributed by atoms with E-state index in [-0.39, 0.29) is 6.54 Å². The summed E-state index contributed by atoms with van der Waals surface area (Å²) in [5.74, 6) is -1.46. The zero-order valence-electron chi connectivity index (χ0n) is 7.08. The van der Waals surface area contributed by atoms with Crippen molar-refractivity contribution in [3.05, 3.63) is 20.3 Å². The van der Waals surface area contributed by atoms with E-state index in [0.717, 1.165) is 14.2 Å². The predicted octanol–water partition coefficient (Wildman–Crippen LogP) is 1.95. The Labute approximate surface area is 88.7 Å². The Balaban J connectivity index is 3.04. The monoisotopic (exact) mass is 263 g/mol. The van der Waals surface area contributed by atoms with Gasteiger partial charge in [-0.2, -0.15) is 0 Å². The zero-order chi connectivity index (χ0) is 10.0. The van der Waals surface area contributed by atoms with Crippen molar-refractivity contribution in [2.45, 2.75) is 12.8 Å². The van der Waals surface area contributed by atoms with Gasteiger partial charge in [-0.1, -0.05) is 0 Å². The van der Waals surface area contributed by atoms with Gasteiger partial charge in [0.15, 0.2) is 0 Å². The van der Waals surface area contributed by atoms with Gasteiger partial charge in [0.1, 0.15) is 5.92 Å². The third-order valence-corrected chi connectivity index (χ3v) is 3.77. The molecule has 1 aromatic heterocycles. The summed E-state index contributed by atoms with van der Waals surface area (Å²) < 4.78 is 0.841. The molecule has 72 valence electrons. The zero-order valence-corrected chi connectivity index (χ0v) is 9.48. The number of rotatable bonds is 3. The van der Waals surface area contributed by atoms with Crippen molar-refractivity contribution in [2.24, 2.45) is 5.73 Å². The first-order valence-electron chi connectivity index (χ1n) is 3.75. The molecule has 1 unspecified atom stereocenters. The van der Waals surface area contributed by atoms with Gasteiger partial charge in [0.25, 0.3) is 0 Å². The third kappa shape index (κ3) is 2.30. The van der Waals surface area contributed by atoms with Gasteiger partial charge < -0.3 is 10.8 Å². The normalized spacial score (nSPS) is 12.8. The van der Waals surface area contributed by atoms with Gasteiger partial charge in [0, 0.05) is 20.8 Å². The molecule has 0 saturated heterocycles. The third-order valence-electron chi connectivity index (χ3n) is 1.69. The van der Waals surface area contributed by atoms with Crippen LogP contribution in [0.3, 0.4) is 0 Å². The number of halogens is 1. The van der Waals surface area contributed by atoms with E-state index in [1.807, 2.05) is 13.0 Å². The van der Waals surface area contributed by atoms with E-state index in [2.05, 4.69) is 15.9 Å². The van der Waals surface area contributed by atoms with Crippen molar-refractivity contribution < 1.29 is 9.90 Å². The Morgan fingerprint density at radius 2 is 2.46 bits per heavy atom. The molecule has 5 heteroatoms. The Morgan fingerprint density at radius 1 is 1.85 bits per heavy atom. The topological polar surface area (TPSA) is 63.3 Å². The number of hydrogen-bond acceptors (Lipinski definition) is 3. The number of nitrogens with two attached hydrogens (primary N) is 1. The fourth-order valence-corrected chi connectivity index (χ4v) is 3.09. The average molecular weight is 264 g/mol. The van der Waals surface area contributed by atoms with Crippen molar-refractivity contribution in [2.75, 3.05) is 6.54 Å². The summed E-state index contributed by atoms with van der Waals surface area (Å²) in [6, 6.07) is 1.91. The lowest BCUT2D eigenvalue weighted by Gasteiger charge is -2.07. The van der Waals surface area contributed by atoms with Crippen LogP contribution in [0.15, 0.2) is 10.5 Å². The highest BCUT2D eigenvalue weighted by Crippen LogP contribution is 2.32. The molecule has 1 heterocycles. The molecule has 0 radical (unpaired) electrons. The second kappa shape index (κ2) is 4.21. The highest BCUT2D eigenvalue weighted by molar-refractivity contribution is 9.10. The quantitative estimate of drug-likeness (QED) is 0.877. The van der Waals surface area contributed by atoms with Gasteiger partial charge in [0.2, 0.25) is 0 Å². The average Bonchev–Trinajstić information content (AvgIpc) is 2.31. The SMILES string of the molecule is Cc1cc(Br)c(C(CN)C(=O)O)s1. The number of hydrogen-bond donors (Lipinski definition) is 2. The van der Waals surface area contributed by atoms with Crippen molar-refractivity contribution in [1.82, 2.24) is 0 Å². The fraction of sp³-hybridized carbons (Fsp3) is 0.375. The van der Waals surface area contributed by atoms with E-state index in [1.54, 1.807) is 0 Å². The van der Waals surface area contributed by atoms with Crippen LogP contribution in [-0.2, 0) is 4.79 Å². The van der Waals surface area contributed by atoms with E-state index < -0.39 is 11.9 Å². The number of carboxylic acid groups (broad SMARTS) is 1. The number of carboxylic acids is 1. The second-order valence-corrected chi connectivity index (χ2v) is 4.84. The predicted molar refractivity (Wildman–Crippen MR) is 56.2 cm³/mol. The highest BCUT2D eigenvalue weighted by Gasteiger charge is 2.22. The molecule has 1 aromatic rings. The molecule has 1 atom stereocenters. The molecular weight excluding hydrogens is 254 g/mol. The molecule has 0 aromatic carbocycles. The van der Waals surface area contributed by atoms with Gasteiger partial charge in [-0.3, -0.25) is 4.79 Å². The van der Waals surface area contributed by atoms with E-state index in [4.69, 9.17) is 10.8 Å². The lowest BCUT2D eigenvalue weighted by molar-refractivity contribution is -0.138.